The van der Waals surface area contributed by atoms with Crippen molar-refractivity contribution >= 4 is 11.9 Å². The minimum Gasteiger partial charge on any atom is -0.493 e. The van der Waals surface area contributed by atoms with Crippen LogP contribution in [-0.2, 0) is 16.1 Å². The fraction of sp³-hybridized carbons (Fsp3) is 0.346. The second-order valence-corrected chi connectivity index (χ2v) is 8.27. The highest BCUT2D eigenvalue weighted by Gasteiger charge is 2.34. The smallest absolute Gasteiger partial charge is 0.338 e. The molecular weight excluding hydrogens is 432 g/mol. The zero-order valence-corrected chi connectivity index (χ0v) is 20.0. The average molecular weight is 463 g/mol. The van der Waals surface area contributed by atoms with Crippen molar-refractivity contribution in [2.24, 2.45) is 0 Å². The van der Waals surface area contributed by atoms with Gasteiger partial charge in [0.25, 0.3) is 0 Å². The molecule has 0 aliphatic carbocycles. The van der Waals surface area contributed by atoms with E-state index in [4.69, 9.17) is 14.2 Å². The van der Waals surface area contributed by atoms with Gasteiger partial charge in [0.1, 0.15) is 19.0 Å². The molecule has 1 atom stereocenters. The molecule has 1 aliphatic rings. The Morgan fingerprint density at radius 1 is 1.15 bits per heavy atom. The zero-order valence-electron chi connectivity index (χ0n) is 20.0. The Bertz CT molecular complexity index is 1200. The monoisotopic (exact) mass is 462 g/mol. The number of aryl methyl sites for hydroxylation is 1. The third-order valence-corrected chi connectivity index (χ3v) is 5.73. The van der Waals surface area contributed by atoms with Gasteiger partial charge in [-0.25, -0.2) is 9.48 Å². The molecule has 1 N–H and O–H groups in total. The van der Waals surface area contributed by atoms with Crippen molar-refractivity contribution in [2.45, 2.75) is 46.3 Å². The van der Waals surface area contributed by atoms with Crippen LogP contribution in [0.15, 0.2) is 60.1 Å². The predicted octanol–water partition coefficient (Wildman–Crippen LogP) is 4.81. The first-order valence-electron chi connectivity index (χ1n) is 11.4. The van der Waals surface area contributed by atoms with E-state index in [-0.39, 0.29) is 5.97 Å². The maximum absolute atomic E-state index is 13.1. The Morgan fingerprint density at radius 3 is 2.76 bits per heavy atom. The van der Waals surface area contributed by atoms with Crippen molar-refractivity contribution in [3.63, 3.8) is 0 Å². The van der Waals surface area contributed by atoms with Gasteiger partial charge in [-0.1, -0.05) is 49.2 Å². The fourth-order valence-corrected chi connectivity index (χ4v) is 3.99. The molecule has 1 aromatic heterocycles. The molecule has 1 unspecified atom stereocenters. The van der Waals surface area contributed by atoms with Gasteiger partial charge in [-0.3, -0.25) is 0 Å². The van der Waals surface area contributed by atoms with Crippen molar-refractivity contribution in [3.05, 3.63) is 76.8 Å². The Morgan fingerprint density at radius 2 is 2.00 bits per heavy atom. The van der Waals surface area contributed by atoms with E-state index in [1.54, 1.807) is 11.8 Å². The van der Waals surface area contributed by atoms with Crippen LogP contribution in [-0.4, -0.2) is 34.5 Å². The van der Waals surface area contributed by atoms with Crippen LogP contribution < -0.4 is 14.8 Å². The Labute approximate surface area is 199 Å². The normalized spacial score (nSPS) is 14.9. The van der Waals surface area contributed by atoms with Crippen LogP contribution in [0.25, 0.3) is 0 Å². The number of hydrogen-bond donors (Lipinski definition) is 1. The predicted molar refractivity (Wildman–Crippen MR) is 129 cm³/mol. The highest BCUT2D eigenvalue weighted by atomic mass is 16.5. The van der Waals surface area contributed by atoms with Gasteiger partial charge in [0.15, 0.2) is 11.5 Å². The quantitative estimate of drug-likeness (QED) is 0.361. The summed E-state index contributed by atoms with van der Waals surface area (Å²) in [5.41, 5.74) is 4.25. The molecule has 0 spiro atoms. The number of unbranched alkanes of at least 4 members (excludes halogenated alkanes) is 1. The van der Waals surface area contributed by atoms with Gasteiger partial charge in [0.05, 0.1) is 19.3 Å². The van der Waals surface area contributed by atoms with E-state index >= 15 is 0 Å². The molecule has 3 aromatic rings. The molecule has 0 saturated heterocycles. The number of allylic oxidation sites excluding steroid dienone is 1. The number of nitrogens with one attached hydrogen (secondary N) is 1. The first kappa shape index (κ1) is 23.4. The lowest BCUT2D eigenvalue weighted by atomic mass is 9.95. The Kier molecular flexibility index (Phi) is 7.15. The number of carbonyl (C=O) groups excluding carboxylic acids is 1. The number of aromatic nitrogens is 3. The zero-order chi connectivity index (χ0) is 24.1. The summed E-state index contributed by atoms with van der Waals surface area (Å²) < 4.78 is 18.9. The van der Waals surface area contributed by atoms with Crippen molar-refractivity contribution in [3.8, 4) is 11.5 Å². The Hall–Kier alpha value is -3.81. The molecule has 8 nitrogen and oxygen atoms in total. The van der Waals surface area contributed by atoms with E-state index in [0.29, 0.717) is 41.9 Å². The lowest BCUT2D eigenvalue weighted by Crippen LogP contribution is -2.29. The van der Waals surface area contributed by atoms with Gasteiger partial charge >= 0.3 is 5.97 Å². The number of benzene rings is 2. The molecule has 2 aromatic carbocycles. The molecule has 0 amide bonds. The summed E-state index contributed by atoms with van der Waals surface area (Å²) in [6.07, 6.45) is 3.22. The van der Waals surface area contributed by atoms with Crippen LogP contribution in [0, 0.1) is 6.92 Å². The number of hydrogen-bond acceptors (Lipinski definition) is 7. The van der Waals surface area contributed by atoms with Crippen LogP contribution in [0.1, 0.15) is 49.4 Å². The second kappa shape index (κ2) is 10.4. The summed E-state index contributed by atoms with van der Waals surface area (Å²) in [6.45, 7) is 6.75. The fourth-order valence-electron chi connectivity index (χ4n) is 3.99. The summed E-state index contributed by atoms with van der Waals surface area (Å²) in [5.74, 6) is 1.38. The van der Waals surface area contributed by atoms with Crippen molar-refractivity contribution < 1.29 is 19.0 Å². The lowest BCUT2D eigenvalue weighted by Gasteiger charge is -2.28. The lowest BCUT2D eigenvalue weighted by molar-refractivity contribution is -0.139. The molecular formula is C26H30N4O4. The summed E-state index contributed by atoms with van der Waals surface area (Å²) in [6, 6.07) is 13.3. The molecule has 178 valence electrons. The number of methoxy groups -OCH3 is 1. The van der Waals surface area contributed by atoms with E-state index in [1.807, 2.05) is 37.3 Å². The molecule has 0 radical (unpaired) electrons. The number of carbonyl (C=O) groups is 1. The van der Waals surface area contributed by atoms with Gasteiger partial charge in [-0.2, -0.15) is 10.1 Å². The van der Waals surface area contributed by atoms with E-state index in [0.717, 1.165) is 24.0 Å². The van der Waals surface area contributed by atoms with Crippen LogP contribution in [0.3, 0.4) is 0 Å². The number of esters is 1. The van der Waals surface area contributed by atoms with Gasteiger partial charge in [-0.15, -0.1) is 0 Å². The van der Waals surface area contributed by atoms with E-state index in [1.165, 1.54) is 11.9 Å². The molecule has 4 rings (SSSR count). The van der Waals surface area contributed by atoms with Crippen LogP contribution in [0.5, 0.6) is 11.5 Å². The maximum Gasteiger partial charge on any atom is 0.338 e. The summed E-state index contributed by atoms with van der Waals surface area (Å²) >= 11 is 0. The van der Waals surface area contributed by atoms with Crippen molar-refractivity contribution in [1.29, 1.82) is 0 Å². The number of rotatable bonds is 9. The molecule has 0 saturated carbocycles. The minimum atomic E-state index is -0.507. The van der Waals surface area contributed by atoms with Gasteiger partial charge in [0.2, 0.25) is 5.95 Å². The van der Waals surface area contributed by atoms with Gasteiger partial charge in [0, 0.05) is 5.70 Å². The van der Waals surface area contributed by atoms with Crippen molar-refractivity contribution in [1.82, 2.24) is 14.8 Å². The third-order valence-electron chi connectivity index (χ3n) is 5.73. The highest BCUT2D eigenvalue weighted by Crippen LogP contribution is 2.39. The number of fused-ring (bicyclic) bond motifs is 1. The largest absolute Gasteiger partial charge is 0.493 e. The summed E-state index contributed by atoms with van der Waals surface area (Å²) in [5, 5.41) is 7.53. The second-order valence-electron chi connectivity index (χ2n) is 8.27. The van der Waals surface area contributed by atoms with Gasteiger partial charge < -0.3 is 19.5 Å². The van der Waals surface area contributed by atoms with Crippen LogP contribution >= 0.6 is 0 Å². The topological polar surface area (TPSA) is 87.5 Å². The van der Waals surface area contributed by atoms with Crippen LogP contribution in [0.4, 0.5) is 5.95 Å². The molecule has 0 bridgehead atoms. The third kappa shape index (κ3) is 4.90. The average Bonchev–Trinajstić information content (AvgIpc) is 3.30. The molecule has 8 heteroatoms. The Balaban J connectivity index is 1.64. The molecule has 2 heterocycles. The standard InChI is InChI=1S/C26H30N4O4/c1-5-6-12-33-25(31)23-18(3)29-26-27-16-28-30(26)24(23)20-10-11-21(22(14-20)32-4)34-15-19-9-7-8-17(2)13-19/h7-11,13-14,16,24H,5-6,12,15H2,1-4H3,(H,27,28,29). The molecule has 1 aliphatic heterocycles. The SMILES string of the molecule is CCCCOC(=O)C1=C(C)Nc2ncnn2C1c1ccc(OCc2cccc(C)c2)c(OC)c1. The summed E-state index contributed by atoms with van der Waals surface area (Å²) in [7, 11) is 1.60. The van der Waals surface area contributed by atoms with E-state index < -0.39 is 6.04 Å². The summed E-state index contributed by atoms with van der Waals surface area (Å²) in [4.78, 5) is 17.4. The van der Waals surface area contributed by atoms with E-state index in [9.17, 15) is 4.79 Å². The first-order chi connectivity index (χ1) is 16.5. The number of nitrogens with zero attached hydrogens (tertiary/aromatic N) is 3. The van der Waals surface area contributed by atoms with Gasteiger partial charge in [-0.05, 0) is 43.5 Å². The van der Waals surface area contributed by atoms with E-state index in [2.05, 4.69) is 41.4 Å². The molecule has 34 heavy (non-hydrogen) atoms. The van der Waals surface area contributed by atoms with Crippen LogP contribution in [0.2, 0.25) is 0 Å². The minimum absolute atomic E-state index is 0.372. The molecule has 0 fully saturated rings. The number of anilines is 1. The highest BCUT2D eigenvalue weighted by molar-refractivity contribution is 5.92. The first-order valence-corrected chi connectivity index (χ1v) is 11.4. The number of ether oxygens (including phenoxy) is 3. The van der Waals surface area contributed by atoms with Crippen molar-refractivity contribution in [2.75, 3.05) is 19.0 Å². The maximum atomic E-state index is 13.1.